The third-order valence-corrected chi connectivity index (χ3v) is 4.80. The maximum atomic E-state index is 12.0. The summed E-state index contributed by atoms with van der Waals surface area (Å²) >= 11 is 0. The average molecular weight is 404 g/mol. The van der Waals surface area contributed by atoms with E-state index in [1.165, 1.54) is 14.0 Å². The molecule has 30 heavy (non-hydrogen) atoms. The van der Waals surface area contributed by atoms with Gasteiger partial charge in [-0.2, -0.15) is 0 Å². The van der Waals surface area contributed by atoms with Crippen LogP contribution in [0.1, 0.15) is 37.0 Å². The zero-order valence-corrected chi connectivity index (χ0v) is 17.3. The molecule has 0 radical (unpaired) electrons. The topological polar surface area (TPSA) is 72.8 Å². The molecule has 0 aromatic heterocycles. The van der Waals surface area contributed by atoms with Crippen molar-refractivity contribution in [3.05, 3.63) is 77.4 Å². The van der Waals surface area contributed by atoms with E-state index in [0.29, 0.717) is 40.7 Å². The number of carbonyl (C=O) groups is 2. The highest BCUT2D eigenvalue weighted by atomic mass is 16.6. The van der Waals surface area contributed by atoms with Gasteiger partial charge >= 0.3 is 11.9 Å². The van der Waals surface area contributed by atoms with Crippen molar-refractivity contribution in [2.75, 3.05) is 7.11 Å². The van der Waals surface area contributed by atoms with Crippen molar-refractivity contribution in [1.82, 2.24) is 0 Å². The molecule has 3 aromatic carbocycles. The Morgan fingerprint density at radius 3 is 2.40 bits per heavy atom. The van der Waals surface area contributed by atoms with Crippen molar-refractivity contribution in [2.24, 2.45) is 0 Å². The molecular formula is C25H24O5. The van der Waals surface area contributed by atoms with E-state index in [1.54, 1.807) is 12.1 Å². The second kappa shape index (κ2) is 9.27. The van der Waals surface area contributed by atoms with Gasteiger partial charge in [0.1, 0.15) is 0 Å². The number of allylic oxidation sites excluding steroid dienone is 1. The van der Waals surface area contributed by atoms with Crippen LogP contribution in [0.5, 0.6) is 11.5 Å². The van der Waals surface area contributed by atoms with Gasteiger partial charge in [0, 0.05) is 17.9 Å². The molecule has 0 saturated carbocycles. The van der Waals surface area contributed by atoms with Gasteiger partial charge in [-0.05, 0) is 35.4 Å². The molecule has 3 rings (SSSR count). The van der Waals surface area contributed by atoms with Crippen LogP contribution >= 0.6 is 0 Å². The van der Waals surface area contributed by atoms with E-state index in [9.17, 15) is 14.7 Å². The molecule has 0 fully saturated rings. The number of fused-ring (bicyclic) bond motifs is 1. The Kier molecular flexibility index (Phi) is 6.52. The van der Waals surface area contributed by atoms with Gasteiger partial charge in [-0.15, -0.1) is 0 Å². The van der Waals surface area contributed by atoms with Crippen LogP contribution < -0.4 is 9.47 Å². The van der Waals surface area contributed by atoms with Crippen LogP contribution in [0.4, 0.5) is 0 Å². The minimum Gasteiger partial charge on any atom is -0.493 e. The number of hydrogen-bond donors (Lipinski definition) is 1. The molecule has 1 N–H and O–H groups in total. The predicted octanol–water partition coefficient (Wildman–Crippen LogP) is 5.24. The molecule has 0 spiro atoms. The number of esters is 1. The van der Waals surface area contributed by atoms with E-state index in [1.807, 2.05) is 55.5 Å². The highest BCUT2D eigenvalue weighted by molar-refractivity contribution is 6.20. The van der Waals surface area contributed by atoms with Crippen molar-refractivity contribution >= 4 is 28.3 Å². The summed E-state index contributed by atoms with van der Waals surface area (Å²) in [5, 5.41) is 11.2. The Bertz CT molecular complexity index is 1110. The molecule has 0 aliphatic carbocycles. The van der Waals surface area contributed by atoms with E-state index >= 15 is 0 Å². The zero-order chi connectivity index (χ0) is 21.7. The summed E-state index contributed by atoms with van der Waals surface area (Å²) < 4.78 is 11.1. The maximum absolute atomic E-state index is 12.0. The van der Waals surface area contributed by atoms with Gasteiger partial charge in [0.2, 0.25) is 0 Å². The summed E-state index contributed by atoms with van der Waals surface area (Å²) in [6.07, 6.45) is 2.84. The number of rotatable bonds is 7. The standard InChI is InChI=1S/C25H24O5/c1-4-9-20(25(27)28)21-15-22(29-3)24(30-16(2)26)23-18(12-8-13-19(21)23)14-17-10-6-5-7-11-17/h5-13,15H,4,14H2,1-3H3,(H,27,28)/b20-9-. The van der Waals surface area contributed by atoms with Crippen LogP contribution in [-0.4, -0.2) is 24.2 Å². The van der Waals surface area contributed by atoms with E-state index < -0.39 is 11.9 Å². The molecule has 0 heterocycles. The monoisotopic (exact) mass is 404 g/mol. The minimum absolute atomic E-state index is 0.187. The second-order valence-electron chi connectivity index (χ2n) is 6.88. The van der Waals surface area contributed by atoms with Gasteiger partial charge < -0.3 is 14.6 Å². The molecule has 3 aromatic rings. The number of aliphatic carboxylic acids is 1. The van der Waals surface area contributed by atoms with Crippen LogP contribution in [0.25, 0.3) is 16.3 Å². The summed E-state index contributed by atoms with van der Waals surface area (Å²) in [4.78, 5) is 23.8. The average Bonchev–Trinajstić information content (AvgIpc) is 2.72. The Morgan fingerprint density at radius 2 is 1.80 bits per heavy atom. The van der Waals surface area contributed by atoms with Gasteiger partial charge in [-0.1, -0.05) is 61.5 Å². The molecular weight excluding hydrogens is 380 g/mol. The summed E-state index contributed by atoms with van der Waals surface area (Å²) in [5.41, 5.74) is 2.72. The Balaban J connectivity index is 2.38. The highest BCUT2D eigenvalue weighted by Gasteiger charge is 2.22. The first-order chi connectivity index (χ1) is 14.5. The molecule has 154 valence electrons. The van der Waals surface area contributed by atoms with Crippen molar-refractivity contribution in [1.29, 1.82) is 0 Å². The lowest BCUT2D eigenvalue weighted by molar-refractivity contribution is -0.132. The lowest BCUT2D eigenvalue weighted by Crippen LogP contribution is -2.07. The zero-order valence-electron chi connectivity index (χ0n) is 17.3. The SMILES string of the molecule is CC/C=C(\C(=O)O)c1cc(OC)c(OC(C)=O)c2c(Cc3ccccc3)cccc12. The van der Waals surface area contributed by atoms with Gasteiger partial charge in [-0.25, -0.2) is 4.79 Å². The summed E-state index contributed by atoms with van der Waals surface area (Å²) in [6.45, 7) is 3.22. The van der Waals surface area contributed by atoms with Crippen molar-refractivity contribution in [3.8, 4) is 11.5 Å². The number of ether oxygens (including phenoxy) is 2. The van der Waals surface area contributed by atoms with Crippen LogP contribution in [-0.2, 0) is 16.0 Å². The van der Waals surface area contributed by atoms with Crippen molar-refractivity contribution in [2.45, 2.75) is 26.7 Å². The van der Waals surface area contributed by atoms with Crippen molar-refractivity contribution in [3.63, 3.8) is 0 Å². The number of benzene rings is 3. The lowest BCUT2D eigenvalue weighted by Gasteiger charge is -2.18. The van der Waals surface area contributed by atoms with Crippen LogP contribution in [0.3, 0.4) is 0 Å². The van der Waals surface area contributed by atoms with Crippen LogP contribution in [0.15, 0.2) is 60.7 Å². The molecule has 0 saturated heterocycles. The van der Waals surface area contributed by atoms with E-state index in [2.05, 4.69) is 0 Å². The smallest absolute Gasteiger partial charge is 0.335 e. The largest absolute Gasteiger partial charge is 0.493 e. The molecule has 0 aliphatic heterocycles. The fraction of sp³-hybridized carbons (Fsp3) is 0.200. The molecule has 5 heteroatoms. The van der Waals surface area contributed by atoms with Gasteiger partial charge in [0.15, 0.2) is 11.5 Å². The van der Waals surface area contributed by atoms with Crippen LogP contribution in [0, 0.1) is 0 Å². The van der Waals surface area contributed by atoms with E-state index in [0.717, 1.165) is 11.1 Å². The molecule has 0 aliphatic rings. The molecule has 5 nitrogen and oxygen atoms in total. The molecule has 0 bridgehead atoms. The second-order valence-corrected chi connectivity index (χ2v) is 6.88. The van der Waals surface area contributed by atoms with Crippen molar-refractivity contribution < 1.29 is 24.2 Å². The molecule has 0 unspecified atom stereocenters. The van der Waals surface area contributed by atoms with E-state index in [4.69, 9.17) is 9.47 Å². The van der Waals surface area contributed by atoms with Gasteiger partial charge in [0.05, 0.1) is 12.7 Å². The van der Waals surface area contributed by atoms with Crippen LogP contribution in [0.2, 0.25) is 0 Å². The van der Waals surface area contributed by atoms with E-state index in [-0.39, 0.29) is 5.57 Å². The fourth-order valence-electron chi connectivity index (χ4n) is 3.59. The fourth-order valence-corrected chi connectivity index (χ4v) is 3.59. The molecule has 0 amide bonds. The lowest BCUT2D eigenvalue weighted by atomic mass is 9.91. The first-order valence-electron chi connectivity index (χ1n) is 9.75. The predicted molar refractivity (Wildman–Crippen MR) is 117 cm³/mol. The third-order valence-electron chi connectivity index (χ3n) is 4.80. The number of hydrogen-bond acceptors (Lipinski definition) is 4. The minimum atomic E-state index is -1.02. The maximum Gasteiger partial charge on any atom is 0.335 e. The first-order valence-corrected chi connectivity index (χ1v) is 9.75. The number of carboxylic acid groups (broad SMARTS) is 1. The third kappa shape index (κ3) is 4.35. The number of carboxylic acids is 1. The van der Waals surface area contributed by atoms with Gasteiger partial charge in [0.25, 0.3) is 0 Å². The number of methoxy groups -OCH3 is 1. The summed E-state index contributed by atoms with van der Waals surface area (Å²) in [5.74, 6) is -0.874. The quantitative estimate of drug-likeness (QED) is 0.331. The Labute approximate surface area is 175 Å². The first kappa shape index (κ1) is 21.1. The Hall–Kier alpha value is -3.60. The Morgan fingerprint density at radius 1 is 1.07 bits per heavy atom. The molecule has 0 atom stereocenters. The highest BCUT2D eigenvalue weighted by Crippen LogP contribution is 2.43. The van der Waals surface area contributed by atoms with Gasteiger partial charge in [-0.3, -0.25) is 4.79 Å². The number of carbonyl (C=O) groups excluding carboxylic acids is 1. The normalized spacial score (nSPS) is 11.4. The summed E-state index contributed by atoms with van der Waals surface area (Å²) in [7, 11) is 1.47. The summed E-state index contributed by atoms with van der Waals surface area (Å²) in [6, 6.07) is 17.2.